The van der Waals surface area contributed by atoms with Crippen molar-refractivity contribution in [3.8, 4) is 11.8 Å². The number of H-pyrrole nitrogens is 1. The number of nitrogens with one attached hydrogen (secondary N) is 1. The van der Waals surface area contributed by atoms with Crippen molar-refractivity contribution in [2.75, 3.05) is 19.8 Å². The second kappa shape index (κ2) is 10.3. The first-order valence-corrected chi connectivity index (χ1v) is 11.5. The number of fused-ring (bicyclic) bond motifs is 2. The zero-order chi connectivity index (χ0) is 20.9. The topological polar surface area (TPSA) is 82.6 Å². The standard InChI is InChI=1S/C22H27IN2O5/c23-29-14-19-7-8-20(30-19)25-12-17(21(26)24-22(25)27)4-2-1-3-9-28-13-18-11-15-5-6-16(18)10-15/h5-6,12,15-16,18-20H,1,3,7-11,13-14H2,(H,24,26,27). The normalized spacial score (nSPS) is 29.3. The molecule has 3 aliphatic rings. The molecule has 5 atom stereocenters. The highest BCUT2D eigenvalue weighted by atomic mass is 127. The summed E-state index contributed by atoms with van der Waals surface area (Å²) in [5.41, 5.74) is -0.661. The molecule has 4 rings (SSSR count). The fraction of sp³-hybridized carbons (Fsp3) is 0.636. The number of rotatable bonds is 8. The maximum atomic E-state index is 12.2. The van der Waals surface area contributed by atoms with E-state index in [1.54, 1.807) is 0 Å². The maximum Gasteiger partial charge on any atom is 0.330 e. The Morgan fingerprint density at radius 3 is 2.90 bits per heavy atom. The summed E-state index contributed by atoms with van der Waals surface area (Å²) >= 11 is 1.83. The third-order valence-electron chi connectivity index (χ3n) is 6.17. The number of hydrogen-bond acceptors (Lipinski definition) is 5. The van der Waals surface area contributed by atoms with Gasteiger partial charge in [-0.3, -0.25) is 14.3 Å². The van der Waals surface area contributed by atoms with Gasteiger partial charge in [-0.05, 0) is 49.9 Å². The molecule has 2 aliphatic carbocycles. The fourth-order valence-electron chi connectivity index (χ4n) is 4.61. The minimum absolute atomic E-state index is 0.0457. The summed E-state index contributed by atoms with van der Waals surface area (Å²) < 4.78 is 18.2. The molecule has 30 heavy (non-hydrogen) atoms. The first-order valence-electron chi connectivity index (χ1n) is 10.6. The molecule has 5 unspecified atom stereocenters. The first-order chi connectivity index (χ1) is 14.6. The number of nitrogens with zero attached hydrogens (tertiary/aromatic N) is 1. The SMILES string of the molecule is O=c1[nH]c(=O)n(C2CCC(COI)O2)cc1C#CCCCOCC1CC2C=CC1C2. The van der Waals surface area contributed by atoms with E-state index in [2.05, 4.69) is 29.0 Å². The van der Waals surface area contributed by atoms with Gasteiger partial charge in [0.25, 0.3) is 5.56 Å². The third-order valence-corrected chi connectivity index (χ3v) is 6.53. The summed E-state index contributed by atoms with van der Waals surface area (Å²) in [5.74, 6) is 8.08. The van der Waals surface area contributed by atoms with Crippen LogP contribution in [0.3, 0.4) is 0 Å². The van der Waals surface area contributed by atoms with Gasteiger partial charge in [0.05, 0.1) is 12.7 Å². The summed E-state index contributed by atoms with van der Waals surface area (Å²) in [4.78, 5) is 26.6. The molecule has 0 amide bonds. The molecule has 1 aromatic heterocycles. The summed E-state index contributed by atoms with van der Waals surface area (Å²) in [6, 6.07) is 0. The Bertz CT molecular complexity index is 943. The molecule has 1 aliphatic heterocycles. The van der Waals surface area contributed by atoms with E-state index < -0.39 is 17.5 Å². The number of ether oxygens (including phenoxy) is 2. The molecule has 0 spiro atoms. The van der Waals surface area contributed by atoms with Crippen molar-refractivity contribution < 1.29 is 12.5 Å². The molecular formula is C22H27IN2O5. The van der Waals surface area contributed by atoms with Gasteiger partial charge >= 0.3 is 5.69 Å². The van der Waals surface area contributed by atoms with Gasteiger partial charge in [0.1, 0.15) is 34.8 Å². The lowest BCUT2D eigenvalue weighted by Gasteiger charge is -2.17. The van der Waals surface area contributed by atoms with Crippen molar-refractivity contribution in [3.05, 3.63) is 44.8 Å². The van der Waals surface area contributed by atoms with Crippen LogP contribution >= 0.6 is 23.0 Å². The molecule has 2 bridgehead atoms. The van der Waals surface area contributed by atoms with Crippen LogP contribution in [-0.4, -0.2) is 35.5 Å². The number of aromatic nitrogens is 2. The third kappa shape index (κ3) is 5.25. The van der Waals surface area contributed by atoms with Crippen LogP contribution in [0, 0.1) is 29.6 Å². The van der Waals surface area contributed by atoms with E-state index in [1.807, 2.05) is 23.0 Å². The molecule has 1 saturated heterocycles. The molecule has 1 saturated carbocycles. The molecule has 1 aromatic rings. The van der Waals surface area contributed by atoms with Crippen LogP contribution < -0.4 is 11.2 Å². The summed E-state index contributed by atoms with van der Waals surface area (Å²) in [6.07, 6.45) is 11.3. The Morgan fingerprint density at radius 2 is 2.13 bits per heavy atom. The van der Waals surface area contributed by atoms with E-state index in [4.69, 9.17) is 12.5 Å². The zero-order valence-electron chi connectivity index (χ0n) is 16.8. The Morgan fingerprint density at radius 1 is 1.23 bits per heavy atom. The molecule has 162 valence electrons. The van der Waals surface area contributed by atoms with Crippen LogP contribution in [0.15, 0.2) is 27.9 Å². The van der Waals surface area contributed by atoms with Gasteiger partial charge in [-0.1, -0.05) is 24.0 Å². The van der Waals surface area contributed by atoms with Gasteiger partial charge in [0, 0.05) is 25.8 Å². The highest BCUT2D eigenvalue weighted by Crippen LogP contribution is 2.43. The van der Waals surface area contributed by atoms with Crippen LogP contribution in [0.25, 0.3) is 0 Å². The Balaban J connectivity index is 1.25. The van der Waals surface area contributed by atoms with E-state index in [9.17, 15) is 9.59 Å². The minimum Gasteiger partial charge on any atom is -0.381 e. The van der Waals surface area contributed by atoms with Crippen molar-refractivity contribution in [2.24, 2.45) is 17.8 Å². The Labute approximate surface area is 189 Å². The maximum absolute atomic E-state index is 12.2. The largest absolute Gasteiger partial charge is 0.381 e. The van der Waals surface area contributed by atoms with Crippen LogP contribution in [-0.2, 0) is 12.5 Å². The average Bonchev–Trinajstić information content (AvgIpc) is 3.46. The van der Waals surface area contributed by atoms with Crippen molar-refractivity contribution in [1.29, 1.82) is 0 Å². The van der Waals surface area contributed by atoms with Crippen molar-refractivity contribution in [2.45, 2.75) is 50.9 Å². The quantitative estimate of drug-likeness (QED) is 0.244. The van der Waals surface area contributed by atoms with Gasteiger partial charge in [-0.25, -0.2) is 4.79 Å². The van der Waals surface area contributed by atoms with Crippen LogP contribution in [0.5, 0.6) is 0 Å². The molecule has 2 fully saturated rings. The molecule has 1 N–H and O–H groups in total. The number of hydrogen-bond donors (Lipinski definition) is 1. The molecular weight excluding hydrogens is 499 g/mol. The highest BCUT2D eigenvalue weighted by Gasteiger charge is 2.35. The lowest BCUT2D eigenvalue weighted by molar-refractivity contribution is -0.0140. The smallest absolute Gasteiger partial charge is 0.330 e. The van der Waals surface area contributed by atoms with Gasteiger partial charge in [-0.15, -0.1) is 0 Å². The number of allylic oxidation sites excluding steroid dienone is 2. The zero-order valence-corrected chi connectivity index (χ0v) is 19.0. The summed E-state index contributed by atoms with van der Waals surface area (Å²) in [7, 11) is 0. The Kier molecular flexibility index (Phi) is 7.46. The van der Waals surface area contributed by atoms with E-state index >= 15 is 0 Å². The number of unbranched alkanes of at least 4 members (excludes halogenated alkanes) is 1. The Hall–Kier alpha value is -1.41. The van der Waals surface area contributed by atoms with E-state index in [-0.39, 0.29) is 11.7 Å². The van der Waals surface area contributed by atoms with Crippen LogP contribution in [0.1, 0.15) is 50.3 Å². The summed E-state index contributed by atoms with van der Waals surface area (Å²) in [5, 5.41) is 0. The predicted molar refractivity (Wildman–Crippen MR) is 120 cm³/mol. The van der Waals surface area contributed by atoms with Crippen LogP contribution in [0.4, 0.5) is 0 Å². The van der Waals surface area contributed by atoms with Gasteiger partial charge in [0.2, 0.25) is 0 Å². The first kappa shape index (κ1) is 21.8. The number of aromatic amines is 1. The van der Waals surface area contributed by atoms with Crippen molar-refractivity contribution >= 4 is 23.0 Å². The lowest BCUT2D eigenvalue weighted by atomic mass is 9.95. The second-order valence-corrected chi connectivity index (χ2v) is 8.92. The van der Waals surface area contributed by atoms with E-state index in [0.717, 1.165) is 25.4 Å². The van der Waals surface area contributed by atoms with Gasteiger partial charge in [0.15, 0.2) is 0 Å². The minimum atomic E-state index is -0.476. The van der Waals surface area contributed by atoms with Crippen molar-refractivity contribution in [1.82, 2.24) is 9.55 Å². The molecule has 0 aromatic carbocycles. The van der Waals surface area contributed by atoms with Crippen molar-refractivity contribution in [3.63, 3.8) is 0 Å². The molecule has 8 heteroatoms. The molecule has 2 heterocycles. The van der Waals surface area contributed by atoms with Crippen LogP contribution in [0.2, 0.25) is 0 Å². The lowest BCUT2D eigenvalue weighted by Crippen LogP contribution is -2.33. The van der Waals surface area contributed by atoms with Gasteiger partial charge in [-0.2, -0.15) is 0 Å². The van der Waals surface area contributed by atoms with E-state index in [1.165, 1.54) is 23.6 Å². The van der Waals surface area contributed by atoms with E-state index in [0.29, 0.717) is 37.9 Å². The average molecular weight is 526 g/mol. The molecule has 7 nitrogen and oxygen atoms in total. The fourth-order valence-corrected chi connectivity index (χ4v) is 5.01. The summed E-state index contributed by atoms with van der Waals surface area (Å²) in [6.45, 7) is 1.98. The highest BCUT2D eigenvalue weighted by molar-refractivity contribution is 14.1. The monoisotopic (exact) mass is 526 g/mol. The second-order valence-electron chi connectivity index (χ2n) is 8.30. The van der Waals surface area contributed by atoms with Gasteiger partial charge < -0.3 is 12.5 Å². The molecule has 0 radical (unpaired) electrons. The number of halogens is 1. The predicted octanol–water partition coefficient (Wildman–Crippen LogP) is 2.94.